The maximum atomic E-state index is 9.83. The smallest absolute Gasteiger partial charge is 0.259 e. The van der Waals surface area contributed by atoms with Crippen molar-refractivity contribution >= 4 is 22.4 Å². The van der Waals surface area contributed by atoms with Gasteiger partial charge in [-0.1, -0.05) is 17.6 Å². The second-order valence-corrected chi connectivity index (χ2v) is 11.6. The fourth-order valence-corrected chi connectivity index (χ4v) is 5.91. The third-order valence-corrected chi connectivity index (χ3v) is 8.71. The van der Waals surface area contributed by atoms with Gasteiger partial charge in [0.2, 0.25) is 5.95 Å². The molecule has 0 radical (unpaired) electrons. The molecule has 0 bridgehead atoms. The molecule has 36 heavy (non-hydrogen) atoms. The predicted octanol–water partition coefficient (Wildman–Crippen LogP) is 3.61. The van der Waals surface area contributed by atoms with Crippen molar-refractivity contribution in [3.63, 3.8) is 0 Å². The van der Waals surface area contributed by atoms with Crippen molar-refractivity contribution in [1.82, 2.24) is 30.1 Å². The van der Waals surface area contributed by atoms with E-state index in [1.807, 2.05) is 24.4 Å². The van der Waals surface area contributed by atoms with Crippen molar-refractivity contribution in [2.24, 2.45) is 0 Å². The van der Waals surface area contributed by atoms with E-state index in [-0.39, 0.29) is 11.4 Å². The molecular formula is C24H26N8O3S. The van der Waals surface area contributed by atoms with E-state index in [0.717, 1.165) is 47.5 Å². The van der Waals surface area contributed by atoms with Crippen LogP contribution in [0.5, 0.6) is 0 Å². The Morgan fingerprint density at radius 2 is 1.64 bits per heavy atom. The number of nitrogen functional groups attached to an aromatic ring is 1. The molecule has 1 aliphatic carbocycles. The third kappa shape index (κ3) is 4.16. The number of pyridine rings is 2. The van der Waals surface area contributed by atoms with Crippen LogP contribution in [0, 0.1) is 0 Å². The lowest BCUT2D eigenvalue weighted by atomic mass is 9.64. The van der Waals surface area contributed by atoms with Crippen LogP contribution >= 0.6 is 10.6 Å². The van der Waals surface area contributed by atoms with Gasteiger partial charge in [0.05, 0.1) is 28.2 Å². The lowest BCUT2D eigenvalue weighted by Crippen LogP contribution is -2.38. The minimum absolute atomic E-state index is 0.230. The first-order valence-electron chi connectivity index (χ1n) is 11.8. The highest BCUT2D eigenvalue weighted by Crippen LogP contribution is 2.48. The van der Waals surface area contributed by atoms with Gasteiger partial charge >= 0.3 is 0 Å². The average Bonchev–Trinajstić information content (AvgIpc) is 3.35. The maximum absolute atomic E-state index is 9.83. The molecule has 0 spiro atoms. The average molecular weight is 507 g/mol. The van der Waals surface area contributed by atoms with E-state index in [2.05, 4.69) is 36.1 Å². The molecule has 1 aliphatic heterocycles. The third-order valence-electron chi connectivity index (χ3n) is 7.04. The molecule has 11 nitrogen and oxygen atoms in total. The normalized spacial score (nSPS) is 19.4. The zero-order valence-corrected chi connectivity index (χ0v) is 20.3. The Labute approximate surface area is 209 Å². The minimum Gasteiger partial charge on any atom is -0.368 e. The van der Waals surface area contributed by atoms with E-state index in [1.165, 1.54) is 0 Å². The van der Waals surface area contributed by atoms with Gasteiger partial charge in [-0.3, -0.25) is 14.1 Å². The van der Waals surface area contributed by atoms with Gasteiger partial charge in [-0.15, -0.1) is 0 Å². The Balaban J connectivity index is 1.21. The Morgan fingerprint density at radius 1 is 0.889 bits per heavy atom. The largest absolute Gasteiger partial charge is 0.368 e. The maximum Gasteiger partial charge on any atom is 0.259 e. The molecule has 2 fully saturated rings. The summed E-state index contributed by atoms with van der Waals surface area (Å²) in [5.74, 6) is 2.84. The zero-order chi connectivity index (χ0) is 24.8. The summed E-state index contributed by atoms with van der Waals surface area (Å²) in [5.41, 5.74) is 8.62. The van der Waals surface area contributed by atoms with Crippen LogP contribution in [0.15, 0.2) is 53.6 Å². The van der Waals surface area contributed by atoms with E-state index in [4.69, 9.17) is 15.2 Å². The minimum atomic E-state index is -2.44. The van der Waals surface area contributed by atoms with Crippen molar-refractivity contribution in [3.8, 4) is 22.7 Å². The molecule has 0 amide bonds. The van der Waals surface area contributed by atoms with Crippen LogP contribution in [0.3, 0.4) is 0 Å². The summed E-state index contributed by atoms with van der Waals surface area (Å²) >= 11 is 0. The fourth-order valence-electron chi connectivity index (χ4n) is 4.68. The lowest BCUT2D eigenvalue weighted by Gasteiger charge is -2.41. The number of rotatable bonds is 5. The first-order chi connectivity index (χ1) is 17.4. The SMILES string of the molecule is Nc1ncc(-c2ccc(C3(c4noc(-c5ccc(N6CCS(O)(O)CC6)nc5)n4)CCC3)cn2)cn1. The lowest BCUT2D eigenvalue weighted by molar-refractivity contribution is 0.272. The molecule has 4 aromatic rings. The molecule has 12 heteroatoms. The molecule has 6 rings (SSSR count). The number of aromatic nitrogens is 6. The fraction of sp³-hybridized carbons (Fsp3) is 0.333. The monoisotopic (exact) mass is 506 g/mol. The van der Waals surface area contributed by atoms with Crippen LogP contribution in [0.25, 0.3) is 22.7 Å². The Kier molecular flexibility index (Phi) is 5.58. The van der Waals surface area contributed by atoms with E-state index >= 15 is 0 Å². The number of nitrogens with zero attached hydrogens (tertiary/aromatic N) is 7. The van der Waals surface area contributed by atoms with Crippen LogP contribution in [0.4, 0.5) is 11.8 Å². The summed E-state index contributed by atoms with van der Waals surface area (Å²) in [5, 5.41) is 4.34. The molecular weight excluding hydrogens is 480 g/mol. The van der Waals surface area contributed by atoms with E-state index < -0.39 is 10.6 Å². The molecule has 186 valence electrons. The Hall–Kier alpha value is -3.61. The standard InChI is InChI=1S/C24H26N8O3S/c25-23-28-13-17(14-29-23)19-4-3-18(15-26-19)24(6-1-7-24)22-30-21(35-31-22)16-2-5-20(27-12-16)32-8-10-36(33,34)11-9-32/h2-5,12-15,33-34H,1,6-11H2,(H2,25,28,29). The molecule has 4 aromatic heterocycles. The number of anilines is 2. The van der Waals surface area contributed by atoms with E-state index in [1.54, 1.807) is 18.6 Å². The molecule has 1 saturated carbocycles. The van der Waals surface area contributed by atoms with Crippen LogP contribution in [-0.2, 0) is 5.41 Å². The van der Waals surface area contributed by atoms with Crippen molar-refractivity contribution in [3.05, 3.63) is 60.4 Å². The first-order valence-corrected chi connectivity index (χ1v) is 13.6. The van der Waals surface area contributed by atoms with Gasteiger partial charge in [0.1, 0.15) is 5.82 Å². The summed E-state index contributed by atoms with van der Waals surface area (Å²) in [6.07, 6.45) is 9.82. The molecule has 1 saturated heterocycles. The molecule has 2 aliphatic rings. The van der Waals surface area contributed by atoms with Crippen LogP contribution in [-0.4, -0.2) is 63.8 Å². The molecule has 0 atom stereocenters. The van der Waals surface area contributed by atoms with Crippen LogP contribution in [0.1, 0.15) is 30.7 Å². The van der Waals surface area contributed by atoms with Gasteiger partial charge < -0.3 is 15.2 Å². The quantitative estimate of drug-likeness (QED) is 0.363. The van der Waals surface area contributed by atoms with Gasteiger partial charge in [0.25, 0.3) is 5.89 Å². The molecule has 5 heterocycles. The number of hydrogen-bond donors (Lipinski definition) is 3. The summed E-state index contributed by atoms with van der Waals surface area (Å²) in [6, 6.07) is 7.81. The highest BCUT2D eigenvalue weighted by atomic mass is 32.3. The highest BCUT2D eigenvalue weighted by molar-refractivity contribution is 8.24. The number of nitrogens with two attached hydrogens (primary N) is 1. The first kappa shape index (κ1) is 22.8. The van der Waals surface area contributed by atoms with E-state index in [0.29, 0.717) is 36.3 Å². The Bertz CT molecular complexity index is 1350. The van der Waals surface area contributed by atoms with Gasteiger partial charge in [0, 0.05) is 43.4 Å². The van der Waals surface area contributed by atoms with Crippen LogP contribution in [0.2, 0.25) is 0 Å². The highest BCUT2D eigenvalue weighted by Gasteiger charge is 2.45. The van der Waals surface area contributed by atoms with Crippen LogP contribution < -0.4 is 10.6 Å². The second-order valence-electron chi connectivity index (χ2n) is 9.22. The van der Waals surface area contributed by atoms with Crippen molar-refractivity contribution in [2.75, 3.05) is 35.2 Å². The molecule has 0 aromatic carbocycles. The predicted molar refractivity (Wildman–Crippen MR) is 137 cm³/mol. The second kappa shape index (κ2) is 8.80. The molecule has 4 N–H and O–H groups in total. The molecule has 0 unspecified atom stereocenters. The summed E-state index contributed by atoms with van der Waals surface area (Å²) < 4.78 is 25.3. The van der Waals surface area contributed by atoms with Crippen molar-refractivity contribution in [1.29, 1.82) is 0 Å². The van der Waals surface area contributed by atoms with Crippen molar-refractivity contribution < 1.29 is 13.6 Å². The summed E-state index contributed by atoms with van der Waals surface area (Å²) in [7, 11) is -2.44. The Morgan fingerprint density at radius 3 is 2.25 bits per heavy atom. The summed E-state index contributed by atoms with van der Waals surface area (Å²) in [6.45, 7) is 1.14. The van der Waals surface area contributed by atoms with Gasteiger partial charge in [-0.05, 0) is 36.6 Å². The zero-order valence-electron chi connectivity index (χ0n) is 19.5. The van der Waals surface area contributed by atoms with Crippen molar-refractivity contribution in [2.45, 2.75) is 24.7 Å². The summed E-state index contributed by atoms with van der Waals surface area (Å²) in [4.78, 5) is 24.1. The van der Waals surface area contributed by atoms with Gasteiger partial charge in [0.15, 0.2) is 5.82 Å². The van der Waals surface area contributed by atoms with Gasteiger partial charge in [-0.2, -0.15) is 15.6 Å². The number of hydrogen-bond acceptors (Lipinski definition) is 11. The van der Waals surface area contributed by atoms with Gasteiger partial charge in [-0.25, -0.2) is 15.0 Å². The topological polar surface area (TPSA) is 160 Å². The van der Waals surface area contributed by atoms with E-state index in [9.17, 15) is 9.11 Å².